The van der Waals surface area contributed by atoms with Crippen molar-refractivity contribution < 1.29 is 9.90 Å². The molecule has 1 fully saturated rings. The fourth-order valence-electron chi connectivity index (χ4n) is 2.24. The summed E-state index contributed by atoms with van der Waals surface area (Å²) in [4.78, 5) is 12.7. The smallest absolute Gasteiger partial charge is 0.137 e. The summed E-state index contributed by atoms with van der Waals surface area (Å²) < 4.78 is 0. The first-order valence-corrected chi connectivity index (χ1v) is 5.99. The van der Waals surface area contributed by atoms with Gasteiger partial charge >= 0.3 is 0 Å². The molecule has 0 unspecified atom stereocenters. The topological polar surface area (TPSA) is 55.4 Å². The van der Waals surface area contributed by atoms with Crippen LogP contribution < -0.4 is 10.4 Å². The lowest BCUT2D eigenvalue weighted by atomic mass is 10.0. The molecule has 1 aromatic rings. The molecule has 5 heteroatoms. The highest BCUT2D eigenvalue weighted by molar-refractivity contribution is 5.85. The van der Waals surface area contributed by atoms with Crippen molar-refractivity contribution in [1.29, 1.82) is 0 Å². The number of hydrogen-bond donors (Lipinski definition) is 1. The Balaban J connectivity index is 0.00000162. The highest BCUT2D eigenvalue weighted by atomic mass is 35.5. The van der Waals surface area contributed by atoms with Gasteiger partial charge in [-0.1, -0.05) is 30.3 Å². The molecule has 100 valence electrons. The Morgan fingerprint density at radius 1 is 1.28 bits per heavy atom. The number of rotatable bonds is 3. The SMILES string of the molecule is Cl.O=C([O-])N(Cc1ccccc1)C1CCNCC1. The lowest BCUT2D eigenvalue weighted by molar-refractivity contribution is -0.269. The van der Waals surface area contributed by atoms with Crippen LogP contribution in [0.1, 0.15) is 18.4 Å². The molecule has 1 aliphatic rings. The van der Waals surface area contributed by atoms with Gasteiger partial charge in [0.2, 0.25) is 0 Å². The van der Waals surface area contributed by atoms with E-state index < -0.39 is 6.09 Å². The summed E-state index contributed by atoms with van der Waals surface area (Å²) in [5.74, 6) is 0. The monoisotopic (exact) mass is 269 g/mol. The molecular weight excluding hydrogens is 252 g/mol. The average Bonchev–Trinajstić information content (AvgIpc) is 2.38. The normalized spacial score (nSPS) is 15.8. The van der Waals surface area contributed by atoms with Gasteiger partial charge in [0.25, 0.3) is 0 Å². The molecule has 0 bridgehead atoms. The van der Waals surface area contributed by atoms with E-state index in [2.05, 4.69) is 5.32 Å². The number of piperidine rings is 1. The second-order valence-electron chi connectivity index (χ2n) is 4.36. The summed E-state index contributed by atoms with van der Waals surface area (Å²) in [6.45, 7) is 2.18. The molecule has 0 saturated carbocycles. The van der Waals surface area contributed by atoms with E-state index >= 15 is 0 Å². The van der Waals surface area contributed by atoms with Crippen molar-refractivity contribution in [1.82, 2.24) is 10.2 Å². The third-order valence-electron chi connectivity index (χ3n) is 3.18. The van der Waals surface area contributed by atoms with Crippen LogP contribution in [0.2, 0.25) is 0 Å². The number of hydrogen-bond acceptors (Lipinski definition) is 3. The summed E-state index contributed by atoms with van der Waals surface area (Å²) in [6.07, 6.45) is 0.655. The minimum atomic E-state index is -1.07. The molecule has 1 N–H and O–H groups in total. The van der Waals surface area contributed by atoms with Crippen LogP contribution in [0.4, 0.5) is 4.79 Å². The van der Waals surface area contributed by atoms with Crippen LogP contribution in [0.5, 0.6) is 0 Å². The van der Waals surface area contributed by atoms with Crippen molar-refractivity contribution in [2.45, 2.75) is 25.4 Å². The summed E-state index contributed by atoms with van der Waals surface area (Å²) in [5.41, 5.74) is 1.01. The van der Waals surface area contributed by atoms with Gasteiger partial charge in [0, 0.05) is 12.6 Å². The van der Waals surface area contributed by atoms with Crippen LogP contribution in [0.25, 0.3) is 0 Å². The van der Waals surface area contributed by atoms with E-state index in [0.717, 1.165) is 31.5 Å². The summed E-state index contributed by atoms with van der Waals surface area (Å²) in [6, 6.07) is 9.74. The van der Waals surface area contributed by atoms with E-state index in [0.29, 0.717) is 6.54 Å². The molecule has 18 heavy (non-hydrogen) atoms. The molecule has 0 radical (unpaired) electrons. The molecule has 4 nitrogen and oxygen atoms in total. The molecular formula is C13H18ClN2O2-. The minimum Gasteiger partial charge on any atom is -0.530 e. The number of nitrogens with zero attached hydrogens (tertiary/aromatic N) is 1. The van der Waals surface area contributed by atoms with Crippen molar-refractivity contribution in [2.24, 2.45) is 0 Å². The maximum absolute atomic E-state index is 11.2. The Morgan fingerprint density at radius 3 is 2.44 bits per heavy atom. The standard InChI is InChI=1S/C13H18N2O2.ClH/c16-13(17)15(12-6-8-14-9-7-12)10-11-4-2-1-3-5-11;/h1-5,12,14H,6-10H2,(H,16,17);1H/p-1. The van der Waals surface area contributed by atoms with Crippen LogP contribution >= 0.6 is 12.4 Å². The molecule has 1 aliphatic heterocycles. The molecule has 1 saturated heterocycles. The van der Waals surface area contributed by atoms with Crippen LogP contribution in [0.3, 0.4) is 0 Å². The first-order valence-electron chi connectivity index (χ1n) is 5.99. The predicted molar refractivity (Wildman–Crippen MR) is 70.5 cm³/mol. The number of benzene rings is 1. The Hall–Kier alpha value is -1.26. The van der Waals surface area contributed by atoms with Gasteiger partial charge in [-0.25, -0.2) is 0 Å². The first-order chi connectivity index (χ1) is 8.27. The Labute approximate surface area is 113 Å². The molecule has 2 rings (SSSR count). The molecule has 0 aromatic heterocycles. The van der Waals surface area contributed by atoms with Crippen LogP contribution in [-0.2, 0) is 6.54 Å². The van der Waals surface area contributed by atoms with Gasteiger partial charge in [-0.05, 0) is 31.5 Å². The van der Waals surface area contributed by atoms with Crippen molar-refractivity contribution in [3.05, 3.63) is 35.9 Å². The van der Waals surface area contributed by atoms with Gasteiger partial charge in [0.15, 0.2) is 0 Å². The molecule has 1 aromatic carbocycles. The van der Waals surface area contributed by atoms with Crippen molar-refractivity contribution in [3.8, 4) is 0 Å². The minimum absolute atomic E-state index is 0. The largest absolute Gasteiger partial charge is 0.530 e. The number of carbonyl (C=O) groups is 1. The van der Waals surface area contributed by atoms with Crippen LogP contribution in [0, 0.1) is 0 Å². The average molecular weight is 270 g/mol. The zero-order valence-electron chi connectivity index (χ0n) is 10.2. The number of halogens is 1. The number of amides is 1. The van der Waals surface area contributed by atoms with Gasteiger partial charge in [0.05, 0.1) is 0 Å². The van der Waals surface area contributed by atoms with Gasteiger partial charge in [-0.15, -0.1) is 12.4 Å². The summed E-state index contributed by atoms with van der Waals surface area (Å²) in [7, 11) is 0. The second kappa shape index (κ2) is 7.24. The number of nitrogens with one attached hydrogen (secondary N) is 1. The van der Waals surface area contributed by atoms with Gasteiger partial charge in [0.1, 0.15) is 6.09 Å². The molecule has 0 spiro atoms. The third kappa shape index (κ3) is 3.89. The zero-order chi connectivity index (χ0) is 12.1. The van der Waals surface area contributed by atoms with E-state index in [1.54, 1.807) is 0 Å². The van der Waals surface area contributed by atoms with E-state index in [9.17, 15) is 9.90 Å². The molecule has 0 aliphatic carbocycles. The predicted octanol–water partition coefficient (Wildman–Crippen LogP) is 1.01. The fourth-order valence-corrected chi connectivity index (χ4v) is 2.24. The molecule has 1 amide bonds. The lowest BCUT2D eigenvalue weighted by Gasteiger charge is -2.36. The van der Waals surface area contributed by atoms with E-state index in [-0.39, 0.29) is 18.4 Å². The van der Waals surface area contributed by atoms with Crippen molar-refractivity contribution >= 4 is 18.5 Å². The van der Waals surface area contributed by atoms with Crippen molar-refractivity contribution in [2.75, 3.05) is 13.1 Å². The maximum Gasteiger partial charge on any atom is 0.137 e. The van der Waals surface area contributed by atoms with Gasteiger partial charge in [-0.2, -0.15) is 0 Å². The van der Waals surface area contributed by atoms with E-state index in [1.807, 2.05) is 30.3 Å². The van der Waals surface area contributed by atoms with Crippen molar-refractivity contribution in [3.63, 3.8) is 0 Å². The Bertz CT molecular complexity index is 367. The molecule has 0 atom stereocenters. The van der Waals surface area contributed by atoms with Gasteiger partial charge < -0.3 is 20.1 Å². The van der Waals surface area contributed by atoms with Crippen LogP contribution in [0.15, 0.2) is 30.3 Å². The number of carbonyl (C=O) groups excluding carboxylic acids is 1. The Morgan fingerprint density at radius 2 is 1.89 bits per heavy atom. The third-order valence-corrected chi connectivity index (χ3v) is 3.18. The summed E-state index contributed by atoms with van der Waals surface area (Å²) in [5, 5.41) is 14.4. The van der Waals surface area contributed by atoms with E-state index in [1.165, 1.54) is 4.90 Å². The molecule has 1 heterocycles. The maximum atomic E-state index is 11.2. The van der Waals surface area contributed by atoms with E-state index in [4.69, 9.17) is 0 Å². The highest BCUT2D eigenvalue weighted by Crippen LogP contribution is 2.15. The Kier molecular flexibility index (Phi) is 5.95. The zero-order valence-corrected chi connectivity index (χ0v) is 11.0. The van der Waals surface area contributed by atoms with Crippen LogP contribution in [-0.4, -0.2) is 30.1 Å². The summed E-state index contributed by atoms with van der Waals surface area (Å²) >= 11 is 0. The fraction of sp³-hybridized carbons (Fsp3) is 0.462. The second-order valence-corrected chi connectivity index (χ2v) is 4.36. The first kappa shape index (κ1) is 14.8. The lowest BCUT2D eigenvalue weighted by Crippen LogP contribution is -2.50. The quantitative estimate of drug-likeness (QED) is 0.891. The number of carboxylic acid groups (broad SMARTS) is 1. The highest BCUT2D eigenvalue weighted by Gasteiger charge is 2.20. The van der Waals surface area contributed by atoms with Gasteiger partial charge in [-0.3, -0.25) is 0 Å².